The summed E-state index contributed by atoms with van der Waals surface area (Å²) >= 11 is 0. The average Bonchev–Trinajstić information content (AvgIpc) is 2.70. The van der Waals surface area contributed by atoms with Gasteiger partial charge < -0.3 is 9.64 Å². The lowest BCUT2D eigenvalue weighted by molar-refractivity contribution is -0.135. The van der Waals surface area contributed by atoms with Crippen LogP contribution in [0.25, 0.3) is 0 Å². The van der Waals surface area contributed by atoms with E-state index in [0.29, 0.717) is 5.69 Å². The summed E-state index contributed by atoms with van der Waals surface area (Å²) in [6.45, 7) is 11.6. The minimum Gasteiger partial charge on any atom is -0.461 e. The average molecular weight is 296 g/mol. The number of rotatable bonds is 6. The van der Waals surface area contributed by atoms with Gasteiger partial charge in [0.05, 0.1) is 12.3 Å². The van der Waals surface area contributed by atoms with Crippen molar-refractivity contribution in [3.05, 3.63) is 11.4 Å². The molecule has 1 amide bonds. The van der Waals surface area contributed by atoms with Gasteiger partial charge in [-0.05, 0) is 41.5 Å². The van der Waals surface area contributed by atoms with Crippen molar-refractivity contribution in [3.63, 3.8) is 0 Å². The Morgan fingerprint density at radius 1 is 1.24 bits per heavy atom. The van der Waals surface area contributed by atoms with Gasteiger partial charge in [0, 0.05) is 12.1 Å². The second-order valence-corrected chi connectivity index (χ2v) is 5.39. The standard InChI is InChI=1S/C14H24N4O3/c1-7-21-14(20)13-11(6)17(16-15-13)8-12(19)18(9(2)3)10(4)5/h9-10H,7-8H2,1-6H3. The normalized spacial score (nSPS) is 11.0. The quantitative estimate of drug-likeness (QED) is 0.742. The van der Waals surface area contributed by atoms with Crippen LogP contribution >= 0.6 is 0 Å². The maximum Gasteiger partial charge on any atom is 0.360 e. The van der Waals surface area contributed by atoms with Crippen molar-refractivity contribution in [2.45, 2.75) is 60.2 Å². The van der Waals surface area contributed by atoms with E-state index >= 15 is 0 Å². The fraction of sp³-hybridized carbons (Fsp3) is 0.714. The number of amides is 1. The molecule has 0 aliphatic rings. The highest BCUT2D eigenvalue weighted by Gasteiger charge is 2.23. The number of esters is 1. The first kappa shape index (κ1) is 17.1. The second kappa shape index (κ2) is 7.19. The molecule has 0 N–H and O–H groups in total. The van der Waals surface area contributed by atoms with Gasteiger partial charge in [0.2, 0.25) is 5.91 Å². The summed E-state index contributed by atoms with van der Waals surface area (Å²) < 4.78 is 6.34. The molecule has 0 bridgehead atoms. The molecule has 7 nitrogen and oxygen atoms in total. The van der Waals surface area contributed by atoms with Crippen molar-refractivity contribution in [1.29, 1.82) is 0 Å². The Morgan fingerprint density at radius 2 is 1.81 bits per heavy atom. The second-order valence-electron chi connectivity index (χ2n) is 5.39. The molecule has 21 heavy (non-hydrogen) atoms. The molecule has 0 spiro atoms. The maximum atomic E-state index is 12.4. The first-order chi connectivity index (χ1) is 9.79. The van der Waals surface area contributed by atoms with Crippen LogP contribution in [0.5, 0.6) is 0 Å². The molecule has 118 valence electrons. The molecular weight excluding hydrogens is 272 g/mol. The van der Waals surface area contributed by atoms with Gasteiger partial charge in [0.15, 0.2) is 5.69 Å². The zero-order valence-corrected chi connectivity index (χ0v) is 13.6. The number of hydrogen-bond acceptors (Lipinski definition) is 5. The lowest BCUT2D eigenvalue weighted by Crippen LogP contribution is -2.44. The van der Waals surface area contributed by atoms with E-state index in [1.165, 1.54) is 4.68 Å². The van der Waals surface area contributed by atoms with Crippen LogP contribution in [0.3, 0.4) is 0 Å². The van der Waals surface area contributed by atoms with E-state index in [1.54, 1.807) is 18.7 Å². The minimum atomic E-state index is -0.515. The summed E-state index contributed by atoms with van der Waals surface area (Å²) in [6, 6.07) is 0.205. The summed E-state index contributed by atoms with van der Waals surface area (Å²) in [6.07, 6.45) is 0. The monoisotopic (exact) mass is 296 g/mol. The Balaban J connectivity index is 2.89. The van der Waals surface area contributed by atoms with Crippen LogP contribution in [0.1, 0.15) is 50.8 Å². The summed E-state index contributed by atoms with van der Waals surface area (Å²) in [5.41, 5.74) is 0.694. The third-order valence-corrected chi connectivity index (χ3v) is 3.14. The van der Waals surface area contributed by atoms with E-state index in [4.69, 9.17) is 4.74 Å². The third-order valence-electron chi connectivity index (χ3n) is 3.14. The smallest absolute Gasteiger partial charge is 0.360 e. The third kappa shape index (κ3) is 4.03. The molecule has 0 fully saturated rings. The van der Waals surface area contributed by atoms with Crippen molar-refractivity contribution in [1.82, 2.24) is 19.9 Å². The van der Waals surface area contributed by atoms with E-state index < -0.39 is 5.97 Å². The lowest BCUT2D eigenvalue weighted by atomic mass is 10.2. The van der Waals surface area contributed by atoms with Crippen molar-refractivity contribution < 1.29 is 14.3 Å². The fourth-order valence-electron chi connectivity index (χ4n) is 2.28. The molecule has 0 aromatic carbocycles. The number of hydrogen-bond donors (Lipinski definition) is 0. The lowest BCUT2D eigenvalue weighted by Gasteiger charge is -2.30. The number of carbonyl (C=O) groups is 2. The van der Waals surface area contributed by atoms with Crippen molar-refractivity contribution >= 4 is 11.9 Å². The number of aromatic nitrogens is 3. The Morgan fingerprint density at radius 3 is 2.29 bits per heavy atom. The molecule has 1 rings (SSSR count). The molecule has 1 aromatic heterocycles. The largest absolute Gasteiger partial charge is 0.461 e. The molecule has 0 aliphatic carbocycles. The number of nitrogens with zero attached hydrogens (tertiary/aromatic N) is 4. The Hall–Kier alpha value is -1.92. The molecule has 0 aliphatic heterocycles. The fourth-order valence-corrected chi connectivity index (χ4v) is 2.28. The highest BCUT2D eigenvalue weighted by atomic mass is 16.5. The van der Waals surface area contributed by atoms with E-state index in [0.717, 1.165) is 0 Å². The Labute approximate surface area is 125 Å². The van der Waals surface area contributed by atoms with Crippen LogP contribution in [-0.4, -0.2) is 50.5 Å². The molecular formula is C14H24N4O3. The van der Waals surface area contributed by atoms with Gasteiger partial charge in [-0.2, -0.15) is 0 Å². The first-order valence-corrected chi connectivity index (χ1v) is 7.17. The van der Waals surface area contributed by atoms with Gasteiger partial charge in [0.25, 0.3) is 0 Å². The summed E-state index contributed by atoms with van der Waals surface area (Å²) in [4.78, 5) is 25.8. The summed E-state index contributed by atoms with van der Waals surface area (Å²) in [7, 11) is 0. The van der Waals surface area contributed by atoms with E-state index in [9.17, 15) is 9.59 Å². The number of carbonyl (C=O) groups excluding carboxylic acids is 2. The van der Waals surface area contributed by atoms with Crippen molar-refractivity contribution in [2.75, 3.05) is 6.61 Å². The molecule has 0 unspecified atom stereocenters. The zero-order chi connectivity index (χ0) is 16.2. The van der Waals surface area contributed by atoms with Gasteiger partial charge >= 0.3 is 5.97 Å². The van der Waals surface area contributed by atoms with Crippen LogP contribution in [0, 0.1) is 6.92 Å². The first-order valence-electron chi connectivity index (χ1n) is 7.17. The van der Waals surface area contributed by atoms with Gasteiger partial charge in [-0.3, -0.25) is 4.79 Å². The van der Waals surface area contributed by atoms with Crippen molar-refractivity contribution in [3.8, 4) is 0 Å². The molecule has 0 saturated carbocycles. The van der Waals surface area contributed by atoms with E-state index in [-0.39, 0.29) is 36.8 Å². The van der Waals surface area contributed by atoms with Crippen LogP contribution in [0.15, 0.2) is 0 Å². The molecule has 0 radical (unpaired) electrons. The molecule has 1 heterocycles. The maximum absolute atomic E-state index is 12.4. The molecule has 7 heteroatoms. The molecule has 1 aromatic rings. The van der Waals surface area contributed by atoms with Crippen LogP contribution in [0.4, 0.5) is 0 Å². The molecule has 0 saturated heterocycles. The van der Waals surface area contributed by atoms with E-state index in [1.807, 2.05) is 27.7 Å². The van der Waals surface area contributed by atoms with Gasteiger partial charge in [-0.25, -0.2) is 9.48 Å². The predicted octanol–water partition coefficient (Wildman–Crippen LogP) is 1.41. The summed E-state index contributed by atoms with van der Waals surface area (Å²) in [5.74, 6) is -0.568. The van der Waals surface area contributed by atoms with Crippen LogP contribution in [0.2, 0.25) is 0 Å². The van der Waals surface area contributed by atoms with Gasteiger partial charge in [-0.1, -0.05) is 5.21 Å². The predicted molar refractivity (Wildman–Crippen MR) is 77.8 cm³/mol. The SMILES string of the molecule is CCOC(=O)c1nnn(CC(=O)N(C(C)C)C(C)C)c1C. The Kier molecular flexibility index (Phi) is 5.87. The Bertz CT molecular complexity index is 500. The topological polar surface area (TPSA) is 77.3 Å². The minimum absolute atomic E-state index is 0.0524. The molecule has 0 atom stereocenters. The van der Waals surface area contributed by atoms with Crippen molar-refractivity contribution in [2.24, 2.45) is 0 Å². The highest BCUT2D eigenvalue weighted by Crippen LogP contribution is 2.10. The van der Waals surface area contributed by atoms with Crippen LogP contribution in [-0.2, 0) is 16.1 Å². The summed E-state index contributed by atoms with van der Waals surface area (Å²) in [5, 5.41) is 7.68. The van der Waals surface area contributed by atoms with Gasteiger partial charge in [-0.15, -0.1) is 5.10 Å². The van der Waals surface area contributed by atoms with Crippen LogP contribution < -0.4 is 0 Å². The van der Waals surface area contributed by atoms with Gasteiger partial charge in [0.1, 0.15) is 6.54 Å². The zero-order valence-electron chi connectivity index (χ0n) is 13.6. The highest BCUT2D eigenvalue weighted by molar-refractivity contribution is 5.88. The number of ether oxygens (including phenoxy) is 1. The van der Waals surface area contributed by atoms with E-state index in [2.05, 4.69) is 10.3 Å².